The van der Waals surface area contributed by atoms with Crippen molar-refractivity contribution in [3.8, 4) is 0 Å². The van der Waals surface area contributed by atoms with Gasteiger partial charge in [0.05, 0.1) is 56.0 Å². The summed E-state index contributed by atoms with van der Waals surface area (Å²) in [5.74, 6) is -8.10. The number of carboxylic acid groups (broad SMARTS) is 2. The summed E-state index contributed by atoms with van der Waals surface area (Å²) >= 11 is 24.0. The number of aliphatic carboxylic acids is 2. The van der Waals surface area contributed by atoms with Crippen molar-refractivity contribution in [3.05, 3.63) is 138 Å². The van der Waals surface area contributed by atoms with Crippen LogP contribution >= 0.6 is 46.4 Å². The van der Waals surface area contributed by atoms with Crippen LogP contribution in [0.15, 0.2) is 72.8 Å². The number of ether oxygens (including phenoxy) is 2. The normalized spacial score (nSPS) is 21.4. The lowest BCUT2D eigenvalue weighted by atomic mass is 9.89. The first kappa shape index (κ1) is 62.3. The molecule has 0 bridgehead atoms. The van der Waals surface area contributed by atoms with Crippen molar-refractivity contribution in [1.29, 1.82) is 0 Å². The molecule has 2 heterocycles. The largest absolute Gasteiger partial charge is 0.481 e. The van der Waals surface area contributed by atoms with E-state index in [1.807, 2.05) is 0 Å². The molecule has 2 saturated heterocycles. The second-order valence-corrected chi connectivity index (χ2v) is 27.6. The van der Waals surface area contributed by atoms with Gasteiger partial charge in [0.15, 0.2) is 19.7 Å². The Labute approximate surface area is 459 Å². The maximum Gasteiger partial charge on any atom is 0.306 e. The summed E-state index contributed by atoms with van der Waals surface area (Å²) < 4.78 is 121. The lowest BCUT2D eigenvalue weighted by Gasteiger charge is -2.48. The minimum atomic E-state index is -3.77. The van der Waals surface area contributed by atoms with E-state index in [4.69, 9.17) is 55.9 Å². The fourth-order valence-electron chi connectivity index (χ4n) is 8.78. The molecule has 2 aliphatic heterocycles. The first-order valence-corrected chi connectivity index (χ1v) is 28.6. The summed E-state index contributed by atoms with van der Waals surface area (Å²) in [5.41, 5.74) is 0.727. The first-order valence-electron chi connectivity index (χ1n) is 23.8. The van der Waals surface area contributed by atoms with Crippen LogP contribution in [0.3, 0.4) is 0 Å². The van der Waals surface area contributed by atoms with Crippen molar-refractivity contribution in [1.82, 2.24) is 9.80 Å². The standard InChI is InChI=1S/2C26H29Cl2F2NO6S/c2*1-5-18(13-38(35,36)26(2,3)4)31-23(14-6-7-19(28)20(30)10-14)24(15-8-16(27)11-17(29)9-15)37-21(25(31)34)12-22(32)33/h2*6-11,18,21,23-24H,5,12-13H2,1-4H3,(H,32,33)/t18-,21+,23+,24+;18-,21-,23+,24+/m00/s1. The molecule has 4 aromatic rings. The number of nitrogens with zero attached hydrogens (tertiary/aromatic N) is 2. The summed E-state index contributed by atoms with van der Waals surface area (Å²) in [7, 11) is -7.53. The van der Waals surface area contributed by atoms with Gasteiger partial charge in [-0.05, 0) is 137 Å². The highest BCUT2D eigenvalue weighted by Crippen LogP contribution is 2.47. The Morgan fingerprint density at radius 3 is 1.16 bits per heavy atom. The zero-order chi connectivity index (χ0) is 57.2. The van der Waals surface area contributed by atoms with Crippen LogP contribution in [0.4, 0.5) is 17.6 Å². The Hall–Kier alpha value is -4.54. The summed E-state index contributed by atoms with van der Waals surface area (Å²) in [6, 6.07) is 10.6. The number of benzene rings is 4. The number of rotatable bonds is 16. The minimum Gasteiger partial charge on any atom is -0.481 e. The van der Waals surface area contributed by atoms with Crippen LogP contribution in [0.2, 0.25) is 20.1 Å². The third-order valence-corrected chi connectivity index (χ3v) is 19.4. The first-order chi connectivity index (χ1) is 35.1. The molecule has 0 radical (unpaired) electrons. The fourth-order valence-corrected chi connectivity index (χ4v) is 12.3. The quantitative estimate of drug-likeness (QED) is 0.101. The summed E-state index contributed by atoms with van der Waals surface area (Å²) in [6.45, 7) is 12.6. The second-order valence-electron chi connectivity index (χ2n) is 20.3. The SMILES string of the molecule is CC[C@@H](CS(=O)(=O)C(C)(C)C)N1C(=O)[C@@H](CC(=O)O)O[C@H](c2cc(F)cc(Cl)c2)[C@H]1c1ccc(Cl)c(F)c1.CC[C@@H](CS(=O)(=O)C(C)(C)C)N1C(=O)[C@H](CC(=O)O)O[C@H](c2cc(F)cc(Cl)c2)[C@H]1c1ccc(Cl)c(F)c1. The van der Waals surface area contributed by atoms with Crippen molar-refractivity contribution >= 4 is 89.8 Å². The molecular weight excluding hydrogens is 1130 g/mol. The number of carboxylic acids is 2. The van der Waals surface area contributed by atoms with Crippen molar-refractivity contribution in [3.63, 3.8) is 0 Å². The zero-order valence-electron chi connectivity index (χ0n) is 42.5. The molecule has 24 heteroatoms. The fraction of sp³-hybridized carbons (Fsp3) is 0.462. The highest BCUT2D eigenvalue weighted by molar-refractivity contribution is 7.93. The number of hydrogen-bond donors (Lipinski definition) is 2. The molecule has 416 valence electrons. The Balaban J connectivity index is 0.000000281. The third-order valence-electron chi connectivity index (χ3n) is 13.0. The molecule has 0 aromatic heterocycles. The van der Waals surface area contributed by atoms with Crippen LogP contribution in [-0.4, -0.2) is 106 Å². The molecule has 2 aliphatic rings. The average molecular weight is 1180 g/mol. The molecule has 76 heavy (non-hydrogen) atoms. The Bertz CT molecular complexity index is 2830. The van der Waals surface area contributed by atoms with Crippen LogP contribution in [0, 0.1) is 23.3 Å². The van der Waals surface area contributed by atoms with Gasteiger partial charge in [-0.3, -0.25) is 19.2 Å². The van der Waals surface area contributed by atoms with E-state index in [2.05, 4.69) is 0 Å². The average Bonchev–Trinajstić information content (AvgIpc) is 3.29. The van der Waals surface area contributed by atoms with E-state index in [1.165, 1.54) is 87.7 Å². The number of carbonyl (C=O) groups is 4. The topological polar surface area (TPSA) is 202 Å². The maximum absolute atomic E-state index is 14.6. The Morgan fingerprint density at radius 1 is 0.566 bits per heavy atom. The lowest BCUT2D eigenvalue weighted by molar-refractivity contribution is -0.182. The molecule has 2 amide bonds. The van der Waals surface area contributed by atoms with Gasteiger partial charge in [-0.2, -0.15) is 0 Å². The summed E-state index contributed by atoms with van der Waals surface area (Å²) in [4.78, 5) is 53.2. The number of halogens is 8. The van der Waals surface area contributed by atoms with Crippen molar-refractivity contribution in [2.45, 2.75) is 139 Å². The Morgan fingerprint density at radius 2 is 0.895 bits per heavy atom. The number of amides is 2. The van der Waals surface area contributed by atoms with E-state index >= 15 is 0 Å². The number of morpholine rings is 2. The zero-order valence-corrected chi connectivity index (χ0v) is 47.2. The van der Waals surface area contributed by atoms with E-state index in [-0.39, 0.29) is 55.2 Å². The van der Waals surface area contributed by atoms with Crippen LogP contribution in [0.5, 0.6) is 0 Å². The predicted octanol–water partition coefficient (Wildman–Crippen LogP) is 11.5. The van der Waals surface area contributed by atoms with Crippen LogP contribution < -0.4 is 0 Å². The van der Waals surface area contributed by atoms with Crippen LogP contribution in [0.25, 0.3) is 0 Å². The smallest absolute Gasteiger partial charge is 0.306 e. The predicted molar refractivity (Wildman–Crippen MR) is 280 cm³/mol. The molecular formula is C52H58Cl4F4N2O12S2. The molecule has 2 N–H and O–H groups in total. The molecule has 14 nitrogen and oxygen atoms in total. The van der Waals surface area contributed by atoms with Gasteiger partial charge in [0, 0.05) is 22.1 Å². The van der Waals surface area contributed by atoms with E-state index < -0.39 is 149 Å². The summed E-state index contributed by atoms with van der Waals surface area (Å²) in [5, 5.41) is 18.6. The van der Waals surface area contributed by atoms with Gasteiger partial charge in [-0.25, -0.2) is 34.4 Å². The highest BCUT2D eigenvalue weighted by atomic mass is 35.5. The number of hydrogen-bond acceptors (Lipinski definition) is 10. The van der Waals surface area contributed by atoms with Crippen LogP contribution in [0.1, 0.15) is 128 Å². The van der Waals surface area contributed by atoms with Gasteiger partial charge in [-0.15, -0.1) is 0 Å². The van der Waals surface area contributed by atoms with Gasteiger partial charge in [-0.1, -0.05) is 72.4 Å². The molecule has 0 unspecified atom stereocenters. The van der Waals surface area contributed by atoms with Crippen molar-refractivity contribution in [2.75, 3.05) is 11.5 Å². The van der Waals surface area contributed by atoms with E-state index in [9.17, 15) is 63.8 Å². The lowest BCUT2D eigenvalue weighted by Crippen LogP contribution is -2.57. The molecule has 4 aromatic carbocycles. The molecule has 0 saturated carbocycles. The number of sulfone groups is 2. The molecule has 0 aliphatic carbocycles. The Kier molecular flexibility index (Phi) is 20.2. The van der Waals surface area contributed by atoms with E-state index in [1.54, 1.807) is 13.8 Å². The maximum atomic E-state index is 14.6. The second kappa shape index (κ2) is 24.6. The van der Waals surface area contributed by atoms with E-state index in [0.717, 1.165) is 36.4 Å². The van der Waals surface area contributed by atoms with Crippen molar-refractivity contribution < 1.29 is 73.3 Å². The molecule has 6 rings (SSSR count). The van der Waals surface area contributed by atoms with Gasteiger partial charge < -0.3 is 29.5 Å². The monoisotopic (exact) mass is 1180 g/mol. The van der Waals surface area contributed by atoms with Gasteiger partial charge in [0.1, 0.15) is 47.7 Å². The molecule has 2 fully saturated rings. The summed E-state index contributed by atoms with van der Waals surface area (Å²) in [6.07, 6.45) is -6.56. The third kappa shape index (κ3) is 14.6. The van der Waals surface area contributed by atoms with Gasteiger partial charge in [0.2, 0.25) is 0 Å². The molecule has 0 spiro atoms. The molecule has 8 atom stereocenters. The minimum absolute atomic E-state index is 0.0187. The van der Waals surface area contributed by atoms with E-state index in [0.29, 0.717) is 0 Å². The number of carbonyl (C=O) groups excluding carboxylic acids is 2. The highest BCUT2D eigenvalue weighted by Gasteiger charge is 2.51. The van der Waals surface area contributed by atoms with Gasteiger partial charge in [0.25, 0.3) is 11.8 Å². The van der Waals surface area contributed by atoms with Gasteiger partial charge >= 0.3 is 11.9 Å². The van der Waals surface area contributed by atoms with Crippen LogP contribution in [-0.2, 0) is 48.3 Å². The van der Waals surface area contributed by atoms with Crippen molar-refractivity contribution in [2.24, 2.45) is 0 Å².